The minimum atomic E-state index is 0. The number of aryl methyl sites for hydroxylation is 1. The van der Waals surface area contributed by atoms with E-state index in [1.165, 1.54) is 6.42 Å². The van der Waals surface area contributed by atoms with Gasteiger partial charge in [0.05, 0.1) is 0 Å². The molecule has 2 aliphatic heterocycles. The monoisotopic (exact) mass is 350 g/mol. The van der Waals surface area contributed by atoms with Gasteiger partial charge in [-0.3, -0.25) is 9.59 Å². The molecule has 4 nitrogen and oxygen atoms in total. The fraction of sp³-hybridized carbons (Fsp3) is 0.579. The van der Waals surface area contributed by atoms with Gasteiger partial charge < -0.3 is 10.2 Å². The molecular formula is C19H27ClN2O2. The normalized spacial score (nSPS) is 19.1. The number of Topliss-reactive ketones (excluding diaryl/α,β-unsaturated/α-hetero) is 1. The van der Waals surface area contributed by atoms with Crippen molar-refractivity contribution in [3.8, 4) is 0 Å². The van der Waals surface area contributed by atoms with Crippen LogP contribution < -0.4 is 5.32 Å². The Balaban J connectivity index is 0.00000208. The molecule has 5 heteroatoms. The maximum atomic E-state index is 12.3. The summed E-state index contributed by atoms with van der Waals surface area (Å²) in [5.41, 5.74) is 2.27. The predicted molar refractivity (Wildman–Crippen MR) is 97.7 cm³/mol. The van der Waals surface area contributed by atoms with Gasteiger partial charge in [0.1, 0.15) is 0 Å². The molecule has 0 aromatic heterocycles. The van der Waals surface area contributed by atoms with E-state index in [0.717, 1.165) is 44.6 Å². The van der Waals surface area contributed by atoms with E-state index in [2.05, 4.69) is 5.32 Å². The van der Waals surface area contributed by atoms with Crippen LogP contribution in [0, 0.1) is 12.3 Å². The van der Waals surface area contributed by atoms with Crippen molar-refractivity contribution < 1.29 is 9.59 Å². The molecule has 0 radical (unpaired) electrons. The van der Waals surface area contributed by atoms with E-state index in [1.807, 2.05) is 36.1 Å². The molecule has 0 bridgehead atoms. The van der Waals surface area contributed by atoms with Gasteiger partial charge in [-0.2, -0.15) is 0 Å². The highest BCUT2D eigenvalue weighted by molar-refractivity contribution is 5.98. The first-order valence-corrected chi connectivity index (χ1v) is 8.66. The minimum Gasteiger partial charge on any atom is -0.343 e. The number of benzene rings is 1. The standard InChI is InChI=1S/C19H26N2O2.ClH/c1-15-2-4-16(5-3-15)17(22)6-7-18(23)21-12-9-19(10-13-21)8-11-20-14-19;/h2-5,20H,6-14H2,1H3;1H. The van der Waals surface area contributed by atoms with E-state index < -0.39 is 0 Å². The predicted octanol–water partition coefficient (Wildman–Crippen LogP) is 2.98. The quantitative estimate of drug-likeness (QED) is 0.849. The number of carbonyl (C=O) groups is 2. The molecule has 1 amide bonds. The van der Waals surface area contributed by atoms with Crippen LogP contribution in [0.25, 0.3) is 0 Å². The molecular weight excluding hydrogens is 324 g/mol. The third-order valence-corrected chi connectivity index (χ3v) is 5.45. The lowest BCUT2D eigenvalue weighted by molar-refractivity contribution is -0.133. The molecule has 1 aromatic rings. The van der Waals surface area contributed by atoms with Crippen LogP contribution >= 0.6 is 12.4 Å². The fourth-order valence-corrected chi connectivity index (χ4v) is 3.72. The number of halogens is 1. The average Bonchev–Trinajstić information content (AvgIpc) is 3.02. The maximum absolute atomic E-state index is 12.3. The van der Waals surface area contributed by atoms with Gasteiger partial charge in [-0.25, -0.2) is 0 Å². The van der Waals surface area contributed by atoms with E-state index >= 15 is 0 Å². The number of nitrogens with one attached hydrogen (secondary N) is 1. The Kier molecular flexibility index (Phi) is 6.41. The first-order chi connectivity index (χ1) is 11.1. The summed E-state index contributed by atoms with van der Waals surface area (Å²) in [6.45, 7) is 5.90. The average molecular weight is 351 g/mol. The molecule has 3 rings (SSSR count). The zero-order chi connectivity index (χ0) is 16.3. The number of nitrogens with zero attached hydrogens (tertiary/aromatic N) is 1. The van der Waals surface area contributed by atoms with Gasteiger partial charge in [-0.1, -0.05) is 29.8 Å². The van der Waals surface area contributed by atoms with Crippen molar-refractivity contribution in [1.29, 1.82) is 0 Å². The largest absolute Gasteiger partial charge is 0.343 e. The smallest absolute Gasteiger partial charge is 0.223 e. The van der Waals surface area contributed by atoms with Crippen molar-refractivity contribution in [2.45, 2.75) is 39.0 Å². The van der Waals surface area contributed by atoms with Gasteiger partial charge >= 0.3 is 0 Å². The summed E-state index contributed by atoms with van der Waals surface area (Å²) in [6.07, 6.45) is 4.07. The molecule has 0 saturated carbocycles. The molecule has 132 valence electrons. The Bertz CT molecular complexity index is 570. The summed E-state index contributed by atoms with van der Waals surface area (Å²) in [5, 5.41) is 3.44. The molecule has 1 spiro atoms. The minimum absolute atomic E-state index is 0. The lowest BCUT2D eigenvalue weighted by Crippen LogP contribution is -2.44. The van der Waals surface area contributed by atoms with Crippen LogP contribution in [0.3, 0.4) is 0 Å². The van der Waals surface area contributed by atoms with Gasteiger partial charge in [-0.15, -0.1) is 12.4 Å². The molecule has 2 fully saturated rings. The van der Waals surface area contributed by atoms with Gasteiger partial charge in [-0.05, 0) is 38.1 Å². The maximum Gasteiger partial charge on any atom is 0.223 e. The number of amides is 1. The van der Waals surface area contributed by atoms with E-state index in [-0.39, 0.29) is 24.1 Å². The van der Waals surface area contributed by atoms with Crippen LogP contribution in [0.2, 0.25) is 0 Å². The van der Waals surface area contributed by atoms with E-state index in [1.54, 1.807) is 0 Å². The Morgan fingerprint density at radius 1 is 1.08 bits per heavy atom. The molecule has 0 atom stereocenters. The molecule has 0 unspecified atom stereocenters. The molecule has 2 saturated heterocycles. The van der Waals surface area contributed by atoms with Crippen molar-refractivity contribution in [3.63, 3.8) is 0 Å². The Labute approximate surface area is 150 Å². The van der Waals surface area contributed by atoms with E-state index in [0.29, 0.717) is 23.8 Å². The fourth-order valence-electron chi connectivity index (χ4n) is 3.72. The van der Waals surface area contributed by atoms with Crippen LogP contribution in [-0.4, -0.2) is 42.8 Å². The van der Waals surface area contributed by atoms with Crippen molar-refractivity contribution in [3.05, 3.63) is 35.4 Å². The summed E-state index contributed by atoms with van der Waals surface area (Å²) in [5.74, 6) is 0.193. The van der Waals surface area contributed by atoms with Crippen LogP contribution in [-0.2, 0) is 4.79 Å². The summed E-state index contributed by atoms with van der Waals surface area (Å²) in [7, 11) is 0. The Hall–Kier alpha value is -1.39. The van der Waals surface area contributed by atoms with Gasteiger partial charge in [0.15, 0.2) is 5.78 Å². The van der Waals surface area contributed by atoms with Crippen molar-refractivity contribution in [2.24, 2.45) is 5.41 Å². The van der Waals surface area contributed by atoms with Crippen LogP contribution in [0.15, 0.2) is 24.3 Å². The van der Waals surface area contributed by atoms with Gasteiger partial charge in [0.2, 0.25) is 5.91 Å². The zero-order valence-electron chi connectivity index (χ0n) is 14.3. The summed E-state index contributed by atoms with van der Waals surface area (Å²) in [6, 6.07) is 7.57. The SMILES string of the molecule is Cc1ccc(C(=O)CCC(=O)N2CCC3(CCNC3)CC2)cc1.Cl. The molecule has 1 aromatic carbocycles. The Morgan fingerprint density at radius 2 is 1.75 bits per heavy atom. The lowest BCUT2D eigenvalue weighted by Gasteiger charge is -2.38. The number of hydrogen-bond donors (Lipinski definition) is 1. The zero-order valence-corrected chi connectivity index (χ0v) is 15.2. The number of likely N-dealkylation sites (tertiary alicyclic amines) is 1. The van der Waals surface area contributed by atoms with Crippen molar-refractivity contribution in [1.82, 2.24) is 10.2 Å². The van der Waals surface area contributed by atoms with Crippen LogP contribution in [0.5, 0.6) is 0 Å². The van der Waals surface area contributed by atoms with Crippen LogP contribution in [0.1, 0.15) is 48.0 Å². The van der Waals surface area contributed by atoms with Crippen molar-refractivity contribution >= 4 is 24.1 Å². The van der Waals surface area contributed by atoms with E-state index in [4.69, 9.17) is 0 Å². The topological polar surface area (TPSA) is 49.4 Å². The number of hydrogen-bond acceptors (Lipinski definition) is 3. The highest BCUT2D eigenvalue weighted by Gasteiger charge is 2.37. The second kappa shape index (κ2) is 8.13. The lowest BCUT2D eigenvalue weighted by atomic mass is 9.78. The summed E-state index contributed by atoms with van der Waals surface area (Å²) < 4.78 is 0. The van der Waals surface area contributed by atoms with E-state index in [9.17, 15) is 9.59 Å². The van der Waals surface area contributed by atoms with Crippen molar-refractivity contribution in [2.75, 3.05) is 26.2 Å². The first kappa shape index (κ1) is 18.9. The highest BCUT2D eigenvalue weighted by Crippen LogP contribution is 2.37. The van der Waals surface area contributed by atoms with Gasteiger partial charge in [0, 0.05) is 38.0 Å². The summed E-state index contributed by atoms with van der Waals surface area (Å²) >= 11 is 0. The number of piperidine rings is 1. The number of carbonyl (C=O) groups excluding carboxylic acids is 2. The molecule has 0 aliphatic carbocycles. The highest BCUT2D eigenvalue weighted by atomic mass is 35.5. The van der Waals surface area contributed by atoms with Crippen LogP contribution in [0.4, 0.5) is 0 Å². The third kappa shape index (κ3) is 4.37. The number of rotatable bonds is 4. The van der Waals surface area contributed by atoms with Gasteiger partial charge in [0.25, 0.3) is 0 Å². The Morgan fingerprint density at radius 3 is 2.33 bits per heavy atom. The molecule has 1 N–H and O–H groups in total. The molecule has 2 heterocycles. The molecule has 2 aliphatic rings. The summed E-state index contributed by atoms with van der Waals surface area (Å²) in [4.78, 5) is 26.5. The molecule has 24 heavy (non-hydrogen) atoms. The first-order valence-electron chi connectivity index (χ1n) is 8.66. The second-order valence-electron chi connectivity index (χ2n) is 7.10. The number of ketones is 1. The second-order valence-corrected chi connectivity index (χ2v) is 7.10. The third-order valence-electron chi connectivity index (χ3n) is 5.45.